The minimum absolute atomic E-state index is 0.731. The molecule has 3 aliphatic carbocycles. The first kappa shape index (κ1) is 13.5. The molecular weight excluding hydrogens is 232 g/mol. The summed E-state index contributed by atoms with van der Waals surface area (Å²) in [5.41, 5.74) is 2.28. The molecule has 0 radical (unpaired) electrons. The summed E-state index contributed by atoms with van der Waals surface area (Å²) in [6, 6.07) is 0. The summed E-state index contributed by atoms with van der Waals surface area (Å²) in [5, 5.41) is 0. The van der Waals surface area contributed by atoms with Gasteiger partial charge in [-0.2, -0.15) is 0 Å². The fourth-order valence-electron chi connectivity index (χ4n) is 5.19. The van der Waals surface area contributed by atoms with Crippen LogP contribution in [0.5, 0.6) is 0 Å². The van der Waals surface area contributed by atoms with Crippen molar-refractivity contribution in [1.82, 2.24) is 0 Å². The van der Waals surface area contributed by atoms with Crippen LogP contribution in [0.3, 0.4) is 0 Å². The predicted molar refractivity (Wildman–Crippen MR) is 79.8 cm³/mol. The van der Waals surface area contributed by atoms with Gasteiger partial charge in [-0.15, -0.1) is 0 Å². The molecule has 1 nitrogen and oxygen atoms in total. The molecule has 0 unspecified atom stereocenters. The highest BCUT2D eigenvalue weighted by molar-refractivity contribution is 5.21. The van der Waals surface area contributed by atoms with Gasteiger partial charge in [0.2, 0.25) is 0 Å². The number of methoxy groups -OCH3 is 1. The van der Waals surface area contributed by atoms with Crippen molar-refractivity contribution in [2.75, 3.05) is 7.11 Å². The van der Waals surface area contributed by atoms with Crippen LogP contribution in [0.25, 0.3) is 0 Å². The van der Waals surface area contributed by atoms with E-state index in [2.05, 4.69) is 6.92 Å². The molecule has 3 fully saturated rings. The van der Waals surface area contributed by atoms with Gasteiger partial charge in [-0.1, -0.05) is 32.6 Å². The van der Waals surface area contributed by atoms with Crippen LogP contribution in [0.15, 0.2) is 11.8 Å². The third kappa shape index (κ3) is 2.71. The lowest BCUT2D eigenvalue weighted by atomic mass is 9.47. The van der Waals surface area contributed by atoms with Crippen molar-refractivity contribution in [3.8, 4) is 0 Å². The van der Waals surface area contributed by atoms with Crippen LogP contribution < -0.4 is 0 Å². The van der Waals surface area contributed by atoms with Gasteiger partial charge in [-0.25, -0.2) is 0 Å². The average Bonchev–Trinajstić information content (AvgIpc) is 2.32. The lowest BCUT2D eigenvalue weighted by Crippen LogP contribution is -2.47. The van der Waals surface area contributed by atoms with Crippen molar-refractivity contribution in [1.29, 1.82) is 0 Å². The molecule has 0 aromatic carbocycles. The zero-order valence-corrected chi connectivity index (χ0v) is 12.8. The second kappa shape index (κ2) is 5.50. The molecular formula is C18H30O. The van der Waals surface area contributed by atoms with Gasteiger partial charge in [0.25, 0.3) is 0 Å². The monoisotopic (exact) mass is 262 g/mol. The average molecular weight is 262 g/mol. The van der Waals surface area contributed by atoms with Gasteiger partial charge >= 0.3 is 0 Å². The first-order chi connectivity index (χ1) is 9.24. The van der Waals surface area contributed by atoms with Crippen LogP contribution in [-0.2, 0) is 4.74 Å². The molecule has 0 aromatic rings. The highest BCUT2D eigenvalue weighted by atomic mass is 16.5. The van der Waals surface area contributed by atoms with Crippen LogP contribution >= 0.6 is 0 Å². The maximum Gasteiger partial charge on any atom is 0.0816 e. The van der Waals surface area contributed by atoms with Crippen LogP contribution in [-0.4, -0.2) is 7.11 Å². The molecule has 19 heavy (non-hydrogen) atoms. The second-order valence-electron chi connectivity index (χ2n) is 7.60. The summed E-state index contributed by atoms with van der Waals surface area (Å²) in [4.78, 5) is 0. The van der Waals surface area contributed by atoms with Crippen LogP contribution in [0, 0.1) is 23.2 Å². The first-order valence-electron chi connectivity index (χ1n) is 8.45. The second-order valence-corrected chi connectivity index (χ2v) is 7.60. The van der Waals surface area contributed by atoms with Crippen molar-refractivity contribution in [3.05, 3.63) is 11.8 Å². The van der Waals surface area contributed by atoms with E-state index < -0.39 is 0 Å². The Labute approximate surface area is 118 Å². The molecule has 0 saturated heterocycles. The van der Waals surface area contributed by atoms with E-state index in [0.29, 0.717) is 0 Å². The van der Waals surface area contributed by atoms with Crippen molar-refractivity contribution in [3.63, 3.8) is 0 Å². The van der Waals surface area contributed by atoms with Crippen molar-refractivity contribution >= 4 is 0 Å². The van der Waals surface area contributed by atoms with Gasteiger partial charge in [0.05, 0.1) is 13.4 Å². The highest BCUT2D eigenvalue weighted by Crippen LogP contribution is 2.63. The number of hydrogen-bond acceptors (Lipinski definition) is 1. The summed E-state index contributed by atoms with van der Waals surface area (Å²) in [5.74, 6) is 3.22. The highest BCUT2D eigenvalue weighted by Gasteiger charge is 2.52. The van der Waals surface area contributed by atoms with Gasteiger partial charge < -0.3 is 4.74 Å². The van der Waals surface area contributed by atoms with Crippen LogP contribution in [0.4, 0.5) is 0 Å². The summed E-state index contributed by atoms with van der Waals surface area (Å²) >= 11 is 0. The SMILES string of the molecule is CCCC1CCC(C2CC3(CC(=COC)C3)C2)CC1. The minimum atomic E-state index is 0.731. The molecule has 1 spiro atoms. The number of ether oxygens (including phenoxy) is 1. The summed E-state index contributed by atoms with van der Waals surface area (Å²) in [6.07, 6.45) is 16.7. The molecule has 108 valence electrons. The Kier molecular flexibility index (Phi) is 3.91. The van der Waals surface area contributed by atoms with Gasteiger partial charge in [-0.3, -0.25) is 0 Å². The Bertz CT molecular complexity index is 320. The van der Waals surface area contributed by atoms with E-state index in [-0.39, 0.29) is 0 Å². The summed E-state index contributed by atoms with van der Waals surface area (Å²) in [6.45, 7) is 2.34. The molecule has 0 bridgehead atoms. The topological polar surface area (TPSA) is 9.23 Å². The number of hydrogen-bond donors (Lipinski definition) is 0. The van der Waals surface area contributed by atoms with E-state index in [9.17, 15) is 0 Å². The van der Waals surface area contributed by atoms with Crippen LogP contribution in [0.2, 0.25) is 0 Å². The van der Waals surface area contributed by atoms with E-state index in [1.807, 2.05) is 6.26 Å². The van der Waals surface area contributed by atoms with Gasteiger partial charge in [0, 0.05) is 0 Å². The normalized spacial score (nSPS) is 41.6. The molecule has 0 atom stereocenters. The zero-order valence-electron chi connectivity index (χ0n) is 12.8. The predicted octanol–water partition coefficient (Wildman–Crippen LogP) is 5.31. The lowest BCUT2D eigenvalue weighted by Gasteiger charge is -2.58. The first-order valence-corrected chi connectivity index (χ1v) is 8.45. The molecule has 3 saturated carbocycles. The Morgan fingerprint density at radius 2 is 1.79 bits per heavy atom. The van der Waals surface area contributed by atoms with Gasteiger partial charge in [-0.05, 0) is 67.3 Å². The Hall–Kier alpha value is -0.460. The lowest BCUT2D eigenvalue weighted by molar-refractivity contribution is -0.0318. The minimum Gasteiger partial charge on any atom is -0.504 e. The quantitative estimate of drug-likeness (QED) is 0.624. The molecule has 3 aliphatic rings. The van der Waals surface area contributed by atoms with E-state index in [1.165, 1.54) is 64.2 Å². The number of rotatable bonds is 4. The Balaban J connectivity index is 1.39. The zero-order chi connectivity index (χ0) is 13.3. The molecule has 0 N–H and O–H groups in total. The molecule has 0 heterocycles. The Morgan fingerprint density at radius 1 is 1.11 bits per heavy atom. The van der Waals surface area contributed by atoms with Crippen molar-refractivity contribution in [2.45, 2.75) is 71.1 Å². The third-order valence-corrected chi connectivity index (χ3v) is 6.13. The van der Waals surface area contributed by atoms with E-state index in [1.54, 1.807) is 12.7 Å². The summed E-state index contributed by atoms with van der Waals surface area (Å²) < 4.78 is 5.12. The third-order valence-electron chi connectivity index (χ3n) is 6.13. The van der Waals surface area contributed by atoms with E-state index >= 15 is 0 Å². The maximum atomic E-state index is 5.12. The largest absolute Gasteiger partial charge is 0.504 e. The fraction of sp³-hybridized carbons (Fsp3) is 0.889. The van der Waals surface area contributed by atoms with Crippen LogP contribution in [0.1, 0.15) is 71.1 Å². The molecule has 3 rings (SSSR count). The summed E-state index contributed by atoms with van der Waals surface area (Å²) in [7, 11) is 1.77. The Morgan fingerprint density at radius 3 is 2.37 bits per heavy atom. The van der Waals surface area contributed by atoms with Gasteiger partial charge in [0.15, 0.2) is 0 Å². The van der Waals surface area contributed by atoms with Crippen molar-refractivity contribution < 1.29 is 4.74 Å². The van der Waals surface area contributed by atoms with Gasteiger partial charge in [0.1, 0.15) is 0 Å². The van der Waals surface area contributed by atoms with Crippen molar-refractivity contribution in [2.24, 2.45) is 23.2 Å². The number of allylic oxidation sites excluding steroid dienone is 1. The fourth-order valence-corrected chi connectivity index (χ4v) is 5.19. The molecule has 0 aliphatic heterocycles. The molecule has 0 amide bonds. The standard InChI is InChI=1S/C18H30O/c1-3-4-14-5-7-16(8-6-14)17-11-18(12-17)9-15(10-18)13-19-2/h13-14,16-17H,3-12H2,1-2H3. The maximum absolute atomic E-state index is 5.12. The van der Waals surface area contributed by atoms with E-state index in [0.717, 1.165) is 23.2 Å². The smallest absolute Gasteiger partial charge is 0.0816 e. The van der Waals surface area contributed by atoms with E-state index in [4.69, 9.17) is 4.74 Å². The molecule has 1 heteroatoms. The molecule has 0 aromatic heterocycles.